The van der Waals surface area contributed by atoms with Gasteiger partial charge in [-0.1, -0.05) is 61.0 Å². The molecular formula is C40H39F5N3O9S2+. The number of ether oxygens (including phenoxy) is 1. The molecule has 12 nitrogen and oxygen atoms in total. The van der Waals surface area contributed by atoms with Gasteiger partial charge in [0, 0.05) is 44.5 Å². The van der Waals surface area contributed by atoms with Crippen molar-refractivity contribution in [2.45, 2.75) is 57.2 Å². The van der Waals surface area contributed by atoms with Crippen LogP contribution in [0.4, 0.5) is 22.0 Å². The van der Waals surface area contributed by atoms with Crippen LogP contribution < -0.4 is 14.6 Å². The minimum absolute atomic E-state index is 0.0506. The van der Waals surface area contributed by atoms with E-state index in [-0.39, 0.29) is 50.9 Å². The first-order valence-corrected chi connectivity index (χ1v) is 21.6. The maximum atomic E-state index is 14.6. The Bertz CT molecular complexity index is 2510. The molecule has 0 unspecified atom stereocenters. The smallest absolute Gasteiger partial charge is 0.311 e. The lowest BCUT2D eigenvalue weighted by Crippen LogP contribution is -2.41. The van der Waals surface area contributed by atoms with E-state index in [0.29, 0.717) is 40.2 Å². The molecule has 0 aliphatic carbocycles. The van der Waals surface area contributed by atoms with Gasteiger partial charge >= 0.3 is 5.97 Å². The van der Waals surface area contributed by atoms with Crippen LogP contribution in [0, 0.1) is 29.1 Å². The van der Waals surface area contributed by atoms with E-state index in [9.17, 15) is 57.7 Å². The van der Waals surface area contributed by atoms with Crippen molar-refractivity contribution < 1.29 is 67.0 Å². The number of amides is 2. The van der Waals surface area contributed by atoms with Crippen LogP contribution in [0.1, 0.15) is 60.9 Å². The number of nitrogens with zero attached hydrogens (tertiary/aromatic N) is 2. The maximum Gasteiger partial charge on any atom is 0.311 e. The highest BCUT2D eigenvalue weighted by Gasteiger charge is 2.34. The minimum Gasteiger partial charge on any atom is -0.420 e. The van der Waals surface area contributed by atoms with E-state index < -0.39 is 90.7 Å². The topological polar surface area (TPSA) is 168 Å². The molecule has 0 aliphatic rings. The summed E-state index contributed by atoms with van der Waals surface area (Å²) in [5.74, 6) is -16.7. The van der Waals surface area contributed by atoms with Gasteiger partial charge in [0.15, 0.2) is 6.54 Å². The second kappa shape index (κ2) is 19.5. The Morgan fingerprint density at radius 3 is 1.83 bits per heavy atom. The Labute approximate surface area is 336 Å². The highest BCUT2D eigenvalue weighted by Crippen LogP contribution is 2.30. The zero-order valence-electron chi connectivity index (χ0n) is 31.3. The second-order valence-corrected chi connectivity index (χ2v) is 16.9. The number of carbonyl (C=O) groups is 3. The van der Waals surface area contributed by atoms with Crippen molar-refractivity contribution >= 4 is 59.7 Å². The number of aryl methyl sites for hydroxylation is 1. The summed E-state index contributed by atoms with van der Waals surface area (Å²) in [5, 5.41) is 3.44. The van der Waals surface area contributed by atoms with Crippen LogP contribution in [0.15, 0.2) is 78.9 Å². The SMILES string of the molecule is O=C(CCCN(C(=O)c1c2ccccc2[n+](CCCS(=O)(=O)O)c2ccccc12)S(=O)(=O)Cc1ccccc1)NCCCCCC(=O)Oc1c(F)c(F)c(F)c(F)c1F. The van der Waals surface area contributed by atoms with E-state index in [0.717, 1.165) is 4.31 Å². The molecule has 0 atom stereocenters. The van der Waals surface area contributed by atoms with Gasteiger partial charge in [-0.05, 0) is 37.0 Å². The molecule has 4 aromatic carbocycles. The van der Waals surface area contributed by atoms with Crippen molar-refractivity contribution in [1.82, 2.24) is 9.62 Å². The number of esters is 1. The zero-order chi connectivity index (χ0) is 42.9. The Hall–Kier alpha value is -5.53. The number of carbonyl (C=O) groups excluding carboxylic acids is 3. The van der Waals surface area contributed by atoms with Crippen molar-refractivity contribution in [3.05, 3.63) is 119 Å². The molecule has 5 aromatic rings. The van der Waals surface area contributed by atoms with Crippen molar-refractivity contribution in [1.29, 1.82) is 0 Å². The number of hydrogen-bond donors (Lipinski definition) is 2. The normalized spacial score (nSPS) is 11.8. The van der Waals surface area contributed by atoms with Crippen molar-refractivity contribution in [2.75, 3.05) is 18.8 Å². The fourth-order valence-electron chi connectivity index (χ4n) is 6.46. The largest absolute Gasteiger partial charge is 0.420 e. The Balaban J connectivity index is 1.25. The molecule has 0 radical (unpaired) electrons. The van der Waals surface area contributed by atoms with Crippen LogP contribution in [-0.4, -0.2) is 62.3 Å². The lowest BCUT2D eigenvalue weighted by molar-refractivity contribution is -0.645. The molecule has 0 bridgehead atoms. The molecule has 2 amide bonds. The molecule has 1 heterocycles. The molecule has 314 valence electrons. The third-order valence-electron chi connectivity index (χ3n) is 9.21. The average molecular weight is 865 g/mol. The van der Waals surface area contributed by atoms with Gasteiger partial charge in [0.25, 0.3) is 16.0 Å². The average Bonchev–Trinajstić information content (AvgIpc) is 3.20. The van der Waals surface area contributed by atoms with E-state index in [1.165, 1.54) is 0 Å². The second-order valence-electron chi connectivity index (χ2n) is 13.5. The number of benzene rings is 4. The van der Waals surface area contributed by atoms with Crippen LogP contribution in [0.25, 0.3) is 21.8 Å². The van der Waals surface area contributed by atoms with Crippen molar-refractivity contribution in [2.24, 2.45) is 0 Å². The summed E-state index contributed by atoms with van der Waals surface area (Å²) in [5.41, 5.74) is 1.54. The molecule has 0 aliphatic heterocycles. The van der Waals surface area contributed by atoms with Crippen LogP contribution in [0.5, 0.6) is 5.75 Å². The predicted octanol–water partition coefficient (Wildman–Crippen LogP) is 6.29. The van der Waals surface area contributed by atoms with E-state index in [4.69, 9.17) is 0 Å². The highest BCUT2D eigenvalue weighted by molar-refractivity contribution is 7.88. The van der Waals surface area contributed by atoms with Crippen LogP contribution >= 0.6 is 0 Å². The summed E-state index contributed by atoms with van der Waals surface area (Å²) in [7, 11) is -8.59. The molecule has 19 heteroatoms. The fourth-order valence-corrected chi connectivity index (χ4v) is 8.47. The van der Waals surface area contributed by atoms with Gasteiger partial charge in [-0.2, -0.15) is 21.8 Å². The van der Waals surface area contributed by atoms with Crippen molar-refractivity contribution in [3.8, 4) is 5.75 Å². The quantitative estimate of drug-likeness (QED) is 0.0112. The molecule has 0 saturated carbocycles. The Morgan fingerprint density at radius 2 is 1.24 bits per heavy atom. The van der Waals surface area contributed by atoms with Gasteiger partial charge in [0.05, 0.1) is 27.8 Å². The molecule has 0 saturated heterocycles. The van der Waals surface area contributed by atoms with E-state index in [1.54, 1.807) is 83.4 Å². The number of halogens is 5. The van der Waals surface area contributed by atoms with Gasteiger partial charge in [-0.25, -0.2) is 25.9 Å². The molecular weight excluding hydrogens is 826 g/mol. The number of para-hydroxylation sites is 2. The number of fused-ring (bicyclic) bond motifs is 2. The number of aromatic nitrogens is 1. The van der Waals surface area contributed by atoms with E-state index in [2.05, 4.69) is 10.1 Å². The molecule has 1 aromatic heterocycles. The first kappa shape index (κ1) is 44.6. The molecule has 5 rings (SSSR count). The Kier molecular flexibility index (Phi) is 14.7. The zero-order valence-corrected chi connectivity index (χ0v) is 32.9. The number of hydrogen-bond acceptors (Lipinski definition) is 8. The molecule has 0 fully saturated rings. The third-order valence-corrected chi connectivity index (χ3v) is 11.7. The number of nitrogens with one attached hydrogen (secondary N) is 1. The minimum atomic E-state index is -4.35. The van der Waals surface area contributed by atoms with E-state index >= 15 is 0 Å². The van der Waals surface area contributed by atoms with E-state index in [1.807, 2.05) is 0 Å². The first-order chi connectivity index (χ1) is 28.0. The summed E-state index contributed by atoms with van der Waals surface area (Å²) >= 11 is 0. The summed E-state index contributed by atoms with van der Waals surface area (Å²) in [6.07, 6.45) is 0.0989. The lowest BCUT2D eigenvalue weighted by Gasteiger charge is -2.24. The number of rotatable bonds is 19. The fraction of sp³-hybridized carbons (Fsp3) is 0.300. The standard InChI is InChI=1S/C40H38F5N3O9S2/c41-34-35(42)37(44)39(38(45)36(34)43)57-32(50)20-5-2-10-21-46-31(49)19-11-23-48(58(52,53)25-26-13-3-1-4-14-26)40(51)33-27-15-6-8-17-29(27)47(22-12-24-59(54,55)56)30-18-9-7-16-28(30)33/h1,3-4,6-9,13-18H,2,5,10-12,19-25H2,(H-,46,49,54,55,56)/p+1. The van der Waals surface area contributed by atoms with Crippen LogP contribution in [0.2, 0.25) is 0 Å². The summed E-state index contributed by atoms with van der Waals surface area (Å²) in [6, 6.07) is 21.8. The molecule has 0 spiro atoms. The predicted molar refractivity (Wildman–Crippen MR) is 205 cm³/mol. The maximum absolute atomic E-state index is 14.6. The number of unbranched alkanes of at least 4 members (excludes halogenated alkanes) is 2. The third kappa shape index (κ3) is 11.2. The van der Waals surface area contributed by atoms with Crippen molar-refractivity contribution in [3.63, 3.8) is 0 Å². The lowest BCUT2D eigenvalue weighted by atomic mass is 10.0. The van der Waals surface area contributed by atoms with Gasteiger partial charge in [-0.3, -0.25) is 18.9 Å². The monoisotopic (exact) mass is 864 g/mol. The summed E-state index contributed by atoms with van der Waals surface area (Å²) in [4.78, 5) is 39.4. The molecule has 59 heavy (non-hydrogen) atoms. The van der Waals surface area contributed by atoms with Gasteiger partial charge in [0.1, 0.15) is 0 Å². The number of pyridine rings is 1. The summed E-state index contributed by atoms with van der Waals surface area (Å²) < 4.78 is 135. The van der Waals surface area contributed by atoms with Gasteiger partial charge in [0.2, 0.25) is 61.8 Å². The van der Waals surface area contributed by atoms with Crippen LogP contribution in [-0.2, 0) is 42.0 Å². The first-order valence-electron chi connectivity index (χ1n) is 18.4. The molecule has 2 N–H and O–H groups in total. The number of sulfonamides is 1. The summed E-state index contributed by atoms with van der Waals surface area (Å²) in [6.45, 7) is -0.0945. The van der Waals surface area contributed by atoms with Crippen LogP contribution in [0.3, 0.4) is 0 Å². The van der Waals surface area contributed by atoms with Gasteiger partial charge in [-0.15, -0.1) is 0 Å². The Morgan fingerprint density at radius 1 is 0.678 bits per heavy atom. The highest BCUT2D eigenvalue weighted by atomic mass is 32.2. The van der Waals surface area contributed by atoms with Gasteiger partial charge < -0.3 is 10.1 Å².